The summed E-state index contributed by atoms with van der Waals surface area (Å²) < 4.78 is 54.7. The molecule has 0 bridgehead atoms. The van der Waals surface area contributed by atoms with Crippen LogP contribution in [-0.2, 0) is 6.54 Å². The molecule has 0 saturated carbocycles. The van der Waals surface area contributed by atoms with Gasteiger partial charge >= 0.3 is 6.18 Å². The Kier molecular flexibility index (Phi) is 8.12. The number of nitrogens with zero attached hydrogens (tertiary/aromatic N) is 3. The normalized spacial score (nSPS) is 13.0. The first kappa shape index (κ1) is 26.2. The van der Waals surface area contributed by atoms with Gasteiger partial charge in [0.15, 0.2) is 0 Å². The van der Waals surface area contributed by atoms with Crippen LogP contribution >= 0.6 is 0 Å². The summed E-state index contributed by atoms with van der Waals surface area (Å²) in [6.07, 6.45) is 2.63. The van der Waals surface area contributed by atoms with Gasteiger partial charge in [0.25, 0.3) is 0 Å². The SMILES string of the molecule is C/C=C(\CC/C=C\CC(C)(C)Cn1cc(C#N)c(=O)c2cc(F)c(N(C)C)cc21)C(F)(F)F. The Morgan fingerprint density at radius 1 is 1.21 bits per heavy atom. The number of halogens is 4. The summed E-state index contributed by atoms with van der Waals surface area (Å²) in [5, 5.41) is 9.51. The monoisotopic (exact) mass is 463 g/mol. The first-order chi connectivity index (χ1) is 15.3. The van der Waals surface area contributed by atoms with Crippen LogP contribution in [0, 0.1) is 22.6 Å². The van der Waals surface area contributed by atoms with E-state index in [1.807, 2.05) is 26.0 Å². The van der Waals surface area contributed by atoms with E-state index in [0.29, 0.717) is 24.2 Å². The maximum Gasteiger partial charge on any atom is 0.412 e. The van der Waals surface area contributed by atoms with Crippen LogP contribution < -0.4 is 10.3 Å². The van der Waals surface area contributed by atoms with Gasteiger partial charge in [0.2, 0.25) is 5.43 Å². The van der Waals surface area contributed by atoms with E-state index >= 15 is 0 Å². The molecule has 0 spiro atoms. The third-order valence-electron chi connectivity index (χ3n) is 5.48. The summed E-state index contributed by atoms with van der Waals surface area (Å²) in [4.78, 5) is 14.2. The van der Waals surface area contributed by atoms with Crippen molar-refractivity contribution in [2.75, 3.05) is 19.0 Å². The van der Waals surface area contributed by atoms with E-state index in [1.165, 1.54) is 13.1 Å². The molecule has 0 unspecified atom stereocenters. The van der Waals surface area contributed by atoms with Crippen LogP contribution in [0.2, 0.25) is 0 Å². The number of hydrogen-bond acceptors (Lipinski definition) is 3. The minimum absolute atomic E-state index is 0.0723. The van der Waals surface area contributed by atoms with Gasteiger partial charge in [0.1, 0.15) is 17.4 Å². The number of allylic oxidation sites excluding steroid dienone is 4. The van der Waals surface area contributed by atoms with Gasteiger partial charge in [-0.3, -0.25) is 4.79 Å². The van der Waals surface area contributed by atoms with Crippen molar-refractivity contribution in [1.82, 2.24) is 4.57 Å². The number of fused-ring (bicyclic) bond motifs is 1. The van der Waals surface area contributed by atoms with E-state index < -0.39 is 23.0 Å². The number of rotatable bonds is 8. The van der Waals surface area contributed by atoms with Crippen molar-refractivity contribution in [2.45, 2.75) is 52.8 Å². The molecule has 33 heavy (non-hydrogen) atoms. The highest BCUT2D eigenvalue weighted by molar-refractivity contribution is 5.84. The van der Waals surface area contributed by atoms with Gasteiger partial charge in [-0.25, -0.2) is 4.39 Å². The highest BCUT2D eigenvalue weighted by atomic mass is 19.4. The van der Waals surface area contributed by atoms with Crippen molar-refractivity contribution in [3.05, 3.63) is 63.7 Å². The Bertz CT molecular complexity index is 1170. The Hall–Kier alpha value is -3.08. The molecule has 2 rings (SSSR count). The third-order valence-corrected chi connectivity index (χ3v) is 5.48. The van der Waals surface area contributed by atoms with E-state index in [9.17, 15) is 27.6 Å². The van der Waals surface area contributed by atoms with Gasteiger partial charge in [-0.15, -0.1) is 0 Å². The fourth-order valence-corrected chi connectivity index (χ4v) is 3.69. The number of nitriles is 1. The molecule has 0 aliphatic heterocycles. The standard InChI is InChI=1S/C25H29F4N3O/c1-6-18(25(27,28)29)10-8-7-9-11-24(2,3)16-32-15-17(14-30)23(33)19-12-20(26)22(31(4)5)13-21(19)32/h6-7,9,12-13,15H,8,10-11,16H2,1-5H3/b9-7-,18-6+. The van der Waals surface area contributed by atoms with Crippen LogP contribution in [0.4, 0.5) is 23.2 Å². The van der Waals surface area contributed by atoms with E-state index in [2.05, 4.69) is 0 Å². The van der Waals surface area contributed by atoms with Crippen LogP contribution in [0.1, 0.15) is 45.6 Å². The van der Waals surface area contributed by atoms with Gasteiger partial charge in [-0.2, -0.15) is 18.4 Å². The Labute approximate surface area is 191 Å². The maximum absolute atomic E-state index is 14.5. The number of anilines is 1. The van der Waals surface area contributed by atoms with Crippen LogP contribution in [0.5, 0.6) is 0 Å². The minimum Gasteiger partial charge on any atom is -0.375 e. The minimum atomic E-state index is -4.31. The molecule has 0 fully saturated rings. The molecule has 2 aromatic rings. The van der Waals surface area contributed by atoms with Crippen molar-refractivity contribution >= 4 is 16.6 Å². The summed E-state index contributed by atoms with van der Waals surface area (Å²) >= 11 is 0. The van der Waals surface area contributed by atoms with E-state index in [-0.39, 0.29) is 29.2 Å². The zero-order valence-electron chi connectivity index (χ0n) is 19.6. The largest absolute Gasteiger partial charge is 0.412 e. The molecule has 4 nitrogen and oxygen atoms in total. The second-order valence-corrected chi connectivity index (χ2v) is 9.02. The molecule has 178 valence electrons. The Balaban J connectivity index is 2.29. The van der Waals surface area contributed by atoms with Gasteiger partial charge in [-0.05, 0) is 43.7 Å². The predicted molar refractivity (Wildman–Crippen MR) is 124 cm³/mol. The molecule has 0 aliphatic rings. The molecule has 0 N–H and O–H groups in total. The fraction of sp³-hybridized carbons (Fsp3) is 0.440. The summed E-state index contributed by atoms with van der Waals surface area (Å²) in [6.45, 7) is 5.77. The molecule has 8 heteroatoms. The lowest BCUT2D eigenvalue weighted by molar-refractivity contribution is -0.0940. The molecule has 1 aromatic carbocycles. The number of alkyl halides is 3. The molecule has 1 heterocycles. The van der Waals surface area contributed by atoms with Crippen molar-refractivity contribution in [3.8, 4) is 6.07 Å². The van der Waals surface area contributed by atoms with Gasteiger partial charge in [0, 0.05) is 32.4 Å². The third kappa shape index (κ3) is 6.47. The average molecular weight is 464 g/mol. The highest BCUT2D eigenvalue weighted by Crippen LogP contribution is 2.30. The summed E-state index contributed by atoms with van der Waals surface area (Å²) in [5.74, 6) is -0.548. The molecule has 0 aliphatic carbocycles. The topological polar surface area (TPSA) is 49.0 Å². The quantitative estimate of drug-likeness (QED) is 0.339. The predicted octanol–water partition coefficient (Wildman–Crippen LogP) is 6.34. The first-order valence-electron chi connectivity index (χ1n) is 10.6. The highest BCUT2D eigenvalue weighted by Gasteiger charge is 2.31. The molecular formula is C25H29F4N3O. The Morgan fingerprint density at radius 3 is 2.42 bits per heavy atom. The molecule has 1 aromatic heterocycles. The van der Waals surface area contributed by atoms with Crippen LogP contribution in [0.3, 0.4) is 0 Å². The molecule has 0 saturated heterocycles. The van der Waals surface area contributed by atoms with E-state index in [1.54, 1.807) is 35.7 Å². The first-order valence-corrected chi connectivity index (χ1v) is 10.6. The van der Waals surface area contributed by atoms with Gasteiger partial charge in [0.05, 0.1) is 16.6 Å². The van der Waals surface area contributed by atoms with Crippen LogP contribution in [-0.4, -0.2) is 24.8 Å². The van der Waals surface area contributed by atoms with E-state index in [4.69, 9.17) is 0 Å². The average Bonchev–Trinajstić information content (AvgIpc) is 2.71. The fourth-order valence-electron chi connectivity index (χ4n) is 3.69. The summed E-state index contributed by atoms with van der Waals surface area (Å²) in [6, 6.07) is 4.64. The zero-order chi connectivity index (χ0) is 25.0. The summed E-state index contributed by atoms with van der Waals surface area (Å²) in [5.41, 5.74) is -0.636. The molecular weight excluding hydrogens is 434 g/mol. The number of pyridine rings is 1. The van der Waals surface area contributed by atoms with Crippen molar-refractivity contribution in [3.63, 3.8) is 0 Å². The maximum atomic E-state index is 14.5. The van der Waals surface area contributed by atoms with E-state index in [0.717, 1.165) is 12.1 Å². The summed E-state index contributed by atoms with van der Waals surface area (Å²) in [7, 11) is 3.39. The zero-order valence-corrected chi connectivity index (χ0v) is 19.6. The van der Waals surface area contributed by atoms with Crippen molar-refractivity contribution in [2.24, 2.45) is 5.41 Å². The van der Waals surface area contributed by atoms with Crippen LogP contribution in [0.25, 0.3) is 10.9 Å². The second-order valence-electron chi connectivity index (χ2n) is 9.02. The molecule has 0 atom stereocenters. The lowest BCUT2D eigenvalue weighted by Gasteiger charge is -2.26. The number of hydrogen-bond donors (Lipinski definition) is 0. The number of benzene rings is 1. The van der Waals surface area contributed by atoms with Crippen molar-refractivity contribution < 1.29 is 17.6 Å². The smallest absolute Gasteiger partial charge is 0.375 e. The van der Waals surface area contributed by atoms with Crippen molar-refractivity contribution in [1.29, 1.82) is 5.26 Å². The van der Waals surface area contributed by atoms with Crippen LogP contribution in [0.15, 0.2) is 46.9 Å². The number of aromatic nitrogens is 1. The second kappa shape index (κ2) is 10.2. The Morgan fingerprint density at radius 2 is 1.88 bits per heavy atom. The van der Waals surface area contributed by atoms with Gasteiger partial charge in [-0.1, -0.05) is 32.1 Å². The molecule has 0 radical (unpaired) electrons. The van der Waals surface area contributed by atoms with Gasteiger partial charge < -0.3 is 9.47 Å². The lowest BCUT2D eigenvalue weighted by Crippen LogP contribution is -2.23. The lowest BCUT2D eigenvalue weighted by atomic mass is 9.88. The molecule has 0 amide bonds.